The third kappa shape index (κ3) is 14.5. The number of methoxy groups -OCH3 is 4. The van der Waals surface area contributed by atoms with E-state index < -0.39 is 4.30 Å². The minimum atomic E-state index is -0.750. The van der Waals surface area contributed by atoms with Crippen molar-refractivity contribution in [2.45, 2.75) is 55.7 Å². The summed E-state index contributed by atoms with van der Waals surface area (Å²) in [5, 5.41) is 101. The van der Waals surface area contributed by atoms with Crippen molar-refractivity contribution in [3.8, 4) is 69.0 Å². The van der Waals surface area contributed by atoms with Crippen molar-refractivity contribution in [3.05, 3.63) is 210 Å². The summed E-state index contributed by atoms with van der Waals surface area (Å²) < 4.78 is 22.3. The second-order valence-corrected chi connectivity index (χ2v) is 20.5. The number of para-hydroxylation sites is 4. The molecule has 0 saturated heterocycles. The van der Waals surface area contributed by atoms with Gasteiger partial charge >= 0.3 is 0 Å². The fourth-order valence-electron chi connectivity index (χ4n) is 10.4. The van der Waals surface area contributed by atoms with E-state index in [4.69, 9.17) is 64.0 Å². The molecule has 80 heavy (non-hydrogen) atoms. The quantitative estimate of drug-likeness (QED) is 0.0583. The van der Waals surface area contributed by atoms with Crippen molar-refractivity contribution in [3.63, 3.8) is 0 Å². The number of hydrogen-bond donors (Lipinski definition) is 10. The van der Waals surface area contributed by atoms with E-state index in [1.54, 1.807) is 77.0 Å². The van der Waals surface area contributed by atoms with Crippen LogP contribution in [0.15, 0.2) is 121 Å². The van der Waals surface area contributed by atoms with Crippen molar-refractivity contribution >= 4 is 34.8 Å². The summed E-state index contributed by atoms with van der Waals surface area (Å²) >= 11 is 14.4. The van der Waals surface area contributed by atoms with E-state index >= 15 is 0 Å². The molecule has 0 heterocycles. The predicted octanol–water partition coefficient (Wildman–Crippen LogP) is 11.6. The van der Waals surface area contributed by atoms with E-state index in [0.29, 0.717) is 119 Å². The first-order chi connectivity index (χ1) is 38.5. The van der Waals surface area contributed by atoms with Crippen molar-refractivity contribution < 1.29 is 70.0 Å². The standard InChI is InChI=1S/2C30H28O6.CHCl3.2CH4O/c2*1-35-29-17-5-3-6-18(29)10-22-14-26(32)16-24(28(22)34)12-20-8-4-7-19(30(20)36-2)11-23-15-25(31)13-21(9-17)27(23)33;2-1(3)4;2*1-2/h2*3-8,13-16,31-34H,9-12H2,1-2H3;1H;2*2H,1H3. The summed E-state index contributed by atoms with van der Waals surface area (Å²) in [6, 6.07) is 35.4. The molecule has 422 valence electrons. The highest BCUT2D eigenvalue weighted by Gasteiger charge is 2.24. The van der Waals surface area contributed by atoms with Crippen molar-refractivity contribution in [2.24, 2.45) is 0 Å². The molecule has 16 bridgehead atoms. The van der Waals surface area contributed by atoms with E-state index in [9.17, 15) is 40.9 Å². The van der Waals surface area contributed by atoms with Crippen molar-refractivity contribution in [2.75, 3.05) is 42.7 Å². The molecule has 10 N–H and O–H groups in total. The zero-order chi connectivity index (χ0) is 58.4. The number of phenolic OH excluding ortho intramolecular Hbond substituents is 8. The van der Waals surface area contributed by atoms with Crippen LogP contribution in [0.3, 0.4) is 0 Å². The molecule has 8 aromatic rings. The monoisotopic (exact) mass is 1150 g/mol. The summed E-state index contributed by atoms with van der Waals surface area (Å²) in [6.07, 6.45) is 2.66. The molecule has 0 atom stereocenters. The van der Waals surface area contributed by atoms with E-state index in [1.165, 1.54) is 0 Å². The number of aromatic hydroxyl groups is 8. The van der Waals surface area contributed by atoms with Gasteiger partial charge in [0.25, 0.3) is 0 Å². The molecule has 0 fully saturated rings. The normalized spacial score (nSPS) is 12.1. The Morgan fingerprint density at radius 2 is 0.400 bits per heavy atom. The maximum atomic E-state index is 11.2. The number of halogens is 3. The Kier molecular flexibility index (Phi) is 21.7. The molecule has 14 nitrogen and oxygen atoms in total. The summed E-state index contributed by atoms with van der Waals surface area (Å²) in [5.74, 6) is 3.27. The average Bonchev–Trinajstić information content (AvgIpc) is 3.51. The van der Waals surface area contributed by atoms with Crippen LogP contribution >= 0.6 is 34.8 Å². The van der Waals surface area contributed by atoms with Gasteiger partial charge < -0.3 is 70.0 Å². The number of phenols is 8. The number of alkyl halides is 3. The number of aliphatic hydroxyl groups is 2. The van der Waals surface area contributed by atoms with Crippen LogP contribution in [0.5, 0.6) is 69.0 Å². The van der Waals surface area contributed by atoms with Gasteiger partial charge in [0.2, 0.25) is 0 Å². The summed E-state index contributed by atoms with van der Waals surface area (Å²) in [4.78, 5) is 0. The first kappa shape index (κ1) is 61.4. The summed E-state index contributed by atoms with van der Waals surface area (Å²) in [6.45, 7) is 0. The molecule has 8 aromatic carbocycles. The molecule has 10 rings (SSSR count). The van der Waals surface area contributed by atoms with Gasteiger partial charge in [-0.05, 0) is 93.0 Å². The van der Waals surface area contributed by atoms with Gasteiger partial charge in [-0.3, -0.25) is 0 Å². The van der Waals surface area contributed by atoms with Gasteiger partial charge in [-0.25, -0.2) is 0 Å². The molecular formula is C63H65Cl3O14. The van der Waals surface area contributed by atoms with Crippen LogP contribution in [0.4, 0.5) is 0 Å². The first-order valence-corrected chi connectivity index (χ1v) is 26.3. The van der Waals surface area contributed by atoms with Crippen LogP contribution in [-0.2, 0) is 51.4 Å². The fourth-order valence-corrected chi connectivity index (χ4v) is 10.4. The fraction of sp³-hybridized carbons (Fsp3) is 0.238. The molecule has 0 unspecified atom stereocenters. The topological polar surface area (TPSA) is 239 Å². The molecular weight excluding hydrogens is 1090 g/mol. The second kappa shape index (κ2) is 28.3. The van der Waals surface area contributed by atoms with Crippen molar-refractivity contribution in [1.82, 2.24) is 0 Å². The summed E-state index contributed by atoms with van der Waals surface area (Å²) in [5.41, 5.74) is 11.2. The highest BCUT2D eigenvalue weighted by Crippen LogP contribution is 2.43. The van der Waals surface area contributed by atoms with Gasteiger partial charge in [0.05, 0.1) is 28.4 Å². The number of aliphatic hydroxyl groups excluding tert-OH is 2. The van der Waals surface area contributed by atoms with Gasteiger partial charge in [-0.1, -0.05) is 108 Å². The second-order valence-electron chi connectivity index (χ2n) is 18.6. The number of ether oxygens (including phenoxy) is 4. The Balaban J connectivity index is 0.000000229. The Hall–Kier alpha value is -7.85. The molecule has 0 aromatic heterocycles. The zero-order valence-electron chi connectivity index (χ0n) is 45.0. The third-order valence-electron chi connectivity index (χ3n) is 13.6. The van der Waals surface area contributed by atoms with Gasteiger partial charge in [-0.15, -0.1) is 0 Å². The Morgan fingerprint density at radius 1 is 0.275 bits per heavy atom. The molecule has 0 spiro atoms. The first-order valence-electron chi connectivity index (χ1n) is 25.0. The number of fused-ring (bicyclic) bond motifs is 16. The van der Waals surface area contributed by atoms with Gasteiger partial charge in [0, 0.05) is 110 Å². The lowest BCUT2D eigenvalue weighted by atomic mass is 9.91. The van der Waals surface area contributed by atoms with Gasteiger partial charge in [-0.2, -0.15) is 0 Å². The minimum absolute atomic E-state index is 0.0690. The molecule has 0 radical (unpaired) electrons. The number of hydrogen-bond acceptors (Lipinski definition) is 14. The van der Waals surface area contributed by atoms with Crippen LogP contribution in [0.2, 0.25) is 0 Å². The molecule has 2 aliphatic rings. The van der Waals surface area contributed by atoms with Gasteiger partial charge in [0.15, 0.2) is 4.30 Å². The van der Waals surface area contributed by atoms with E-state index in [2.05, 4.69) is 0 Å². The van der Waals surface area contributed by atoms with E-state index in [-0.39, 0.29) is 46.0 Å². The molecule has 0 amide bonds. The SMILES string of the molecule is CO.CO.COc1c2cccc1Cc1cc(O)cc(c1O)Cc1cccc(c1OC)Cc1cc(O)cc(c1O)C2.COc1c2cccc1Cc1cc(O)cc(c1O)Cc1cccc(c1OC)Cc1cc(O)cc(c1O)C2.ClC(Cl)Cl. The predicted molar refractivity (Wildman–Crippen MR) is 311 cm³/mol. The Labute approximate surface area is 480 Å². The van der Waals surface area contributed by atoms with Crippen LogP contribution in [0.1, 0.15) is 89.0 Å². The maximum absolute atomic E-state index is 11.2. The lowest BCUT2D eigenvalue weighted by Gasteiger charge is -2.19. The van der Waals surface area contributed by atoms with Crippen LogP contribution < -0.4 is 18.9 Å². The lowest BCUT2D eigenvalue weighted by Crippen LogP contribution is -2.04. The largest absolute Gasteiger partial charge is 0.508 e. The number of benzene rings is 8. The van der Waals surface area contributed by atoms with Crippen molar-refractivity contribution in [1.29, 1.82) is 0 Å². The van der Waals surface area contributed by atoms with E-state index in [0.717, 1.165) is 58.7 Å². The Morgan fingerprint density at radius 3 is 0.512 bits per heavy atom. The van der Waals surface area contributed by atoms with Gasteiger partial charge in [0.1, 0.15) is 69.0 Å². The maximum Gasteiger partial charge on any atom is 0.180 e. The lowest BCUT2D eigenvalue weighted by molar-refractivity contribution is 0.399. The molecule has 0 saturated carbocycles. The third-order valence-corrected chi connectivity index (χ3v) is 13.6. The molecule has 17 heteroatoms. The average molecular weight is 1150 g/mol. The molecule has 0 aliphatic heterocycles. The van der Waals surface area contributed by atoms with Crippen LogP contribution in [0, 0.1) is 0 Å². The smallest absolute Gasteiger partial charge is 0.180 e. The zero-order valence-corrected chi connectivity index (χ0v) is 47.3. The summed E-state index contributed by atoms with van der Waals surface area (Å²) in [7, 11) is 8.34. The molecule has 2 aliphatic carbocycles. The Bertz CT molecular complexity index is 2810. The number of rotatable bonds is 4. The highest BCUT2D eigenvalue weighted by molar-refractivity contribution is 6.63. The van der Waals surface area contributed by atoms with Crippen LogP contribution in [-0.4, -0.2) is 98.0 Å². The van der Waals surface area contributed by atoms with Crippen LogP contribution in [0.25, 0.3) is 0 Å². The van der Waals surface area contributed by atoms with E-state index in [1.807, 2.05) is 72.8 Å². The highest BCUT2D eigenvalue weighted by atomic mass is 35.6. The minimum Gasteiger partial charge on any atom is -0.508 e.